The fraction of sp³-hybridized carbons (Fsp3) is 0.774. The van der Waals surface area contributed by atoms with Crippen LogP contribution in [0.5, 0.6) is 28.7 Å². The van der Waals surface area contributed by atoms with Gasteiger partial charge in [-0.15, -0.1) is 0 Å². The highest BCUT2D eigenvalue weighted by molar-refractivity contribution is 5.97. The van der Waals surface area contributed by atoms with Crippen LogP contribution in [0.1, 0.15) is 141 Å². The van der Waals surface area contributed by atoms with E-state index in [0.717, 1.165) is 77.0 Å². The average molecular weight is 539 g/mol. The van der Waals surface area contributed by atoms with E-state index in [2.05, 4.69) is 27.7 Å². The molecule has 0 aliphatic carbocycles. The van der Waals surface area contributed by atoms with Gasteiger partial charge in [0.25, 0.3) is 0 Å². The third-order valence-corrected chi connectivity index (χ3v) is 6.49. The maximum absolute atomic E-state index is 12.3. The van der Waals surface area contributed by atoms with E-state index in [-0.39, 0.29) is 28.6 Å². The summed E-state index contributed by atoms with van der Waals surface area (Å²) >= 11 is 0. The summed E-state index contributed by atoms with van der Waals surface area (Å²) in [6, 6.07) is 0. The lowest BCUT2D eigenvalue weighted by molar-refractivity contribution is 0.0685. The Labute approximate surface area is 231 Å². The maximum atomic E-state index is 12.3. The van der Waals surface area contributed by atoms with E-state index in [0.29, 0.717) is 26.4 Å². The Kier molecular flexibility index (Phi) is 19.2. The van der Waals surface area contributed by atoms with Crippen LogP contribution in [0.3, 0.4) is 0 Å². The van der Waals surface area contributed by atoms with Gasteiger partial charge in [-0.3, -0.25) is 0 Å². The van der Waals surface area contributed by atoms with Crippen LogP contribution in [0, 0.1) is 0 Å². The number of hydrogen-bond donors (Lipinski definition) is 2. The third-order valence-electron chi connectivity index (χ3n) is 6.49. The monoisotopic (exact) mass is 538 g/mol. The first-order chi connectivity index (χ1) is 18.5. The van der Waals surface area contributed by atoms with E-state index in [1.165, 1.54) is 25.7 Å². The van der Waals surface area contributed by atoms with Crippen molar-refractivity contribution in [3.63, 3.8) is 0 Å². The Bertz CT molecular complexity index is 763. The third kappa shape index (κ3) is 12.5. The van der Waals surface area contributed by atoms with Crippen molar-refractivity contribution in [3.05, 3.63) is 5.56 Å². The zero-order valence-corrected chi connectivity index (χ0v) is 24.6. The van der Waals surface area contributed by atoms with Crippen molar-refractivity contribution in [1.29, 1.82) is 0 Å². The van der Waals surface area contributed by atoms with Crippen LogP contribution in [-0.2, 0) is 0 Å². The van der Waals surface area contributed by atoms with Gasteiger partial charge in [-0.1, -0.05) is 105 Å². The lowest BCUT2D eigenvalue weighted by atomic mass is 10.1. The standard InChI is InChI=1S/C31H54O7/c1-5-9-13-14-15-16-20-24-36-28-26(32)25(31(33)34)27(35-21-17-10-6-2)29(37-22-18-11-7-3)30(28)38-23-19-12-8-4/h32H,5-24H2,1-4H3,(H,33,34). The molecule has 0 aliphatic rings. The first-order valence-corrected chi connectivity index (χ1v) is 15.2. The molecule has 0 saturated heterocycles. The molecule has 1 rings (SSSR count). The highest BCUT2D eigenvalue weighted by atomic mass is 16.6. The Balaban J connectivity index is 3.30. The summed E-state index contributed by atoms with van der Waals surface area (Å²) in [6.07, 6.45) is 16.3. The molecule has 7 nitrogen and oxygen atoms in total. The molecule has 0 atom stereocenters. The van der Waals surface area contributed by atoms with Gasteiger partial charge in [0.2, 0.25) is 17.2 Å². The highest BCUT2D eigenvalue weighted by Crippen LogP contribution is 2.53. The molecule has 2 N–H and O–H groups in total. The number of phenols is 1. The normalized spacial score (nSPS) is 10.9. The van der Waals surface area contributed by atoms with Gasteiger partial charge in [-0.05, 0) is 25.7 Å². The lowest BCUT2D eigenvalue weighted by Crippen LogP contribution is -2.12. The van der Waals surface area contributed by atoms with Crippen LogP contribution in [0.4, 0.5) is 0 Å². The topological polar surface area (TPSA) is 94.5 Å². The van der Waals surface area contributed by atoms with Crippen molar-refractivity contribution < 1.29 is 34.0 Å². The lowest BCUT2D eigenvalue weighted by Gasteiger charge is -2.23. The minimum Gasteiger partial charge on any atom is -0.503 e. The minimum absolute atomic E-state index is 0.0244. The Morgan fingerprint density at radius 1 is 0.500 bits per heavy atom. The quantitative estimate of drug-likeness (QED) is 0.120. The molecular formula is C31H54O7. The van der Waals surface area contributed by atoms with Gasteiger partial charge in [0.15, 0.2) is 17.1 Å². The van der Waals surface area contributed by atoms with E-state index in [1.807, 2.05) is 0 Å². The number of ether oxygens (including phenoxy) is 4. The molecule has 0 amide bonds. The van der Waals surface area contributed by atoms with Crippen LogP contribution in [0.25, 0.3) is 0 Å². The van der Waals surface area contributed by atoms with Crippen molar-refractivity contribution in [1.82, 2.24) is 0 Å². The molecule has 38 heavy (non-hydrogen) atoms. The Hall–Kier alpha value is -2.31. The van der Waals surface area contributed by atoms with Gasteiger partial charge in [0.1, 0.15) is 0 Å². The second-order valence-corrected chi connectivity index (χ2v) is 9.98. The largest absolute Gasteiger partial charge is 0.503 e. The molecule has 0 aliphatic heterocycles. The molecule has 0 unspecified atom stereocenters. The minimum atomic E-state index is -1.29. The molecule has 0 saturated carbocycles. The summed E-state index contributed by atoms with van der Waals surface area (Å²) in [5.74, 6) is -1.22. The van der Waals surface area contributed by atoms with E-state index in [1.54, 1.807) is 0 Å². The maximum Gasteiger partial charge on any atom is 0.343 e. The molecule has 1 aromatic rings. The van der Waals surface area contributed by atoms with Gasteiger partial charge in [0, 0.05) is 0 Å². The van der Waals surface area contributed by atoms with E-state index < -0.39 is 11.7 Å². The summed E-state index contributed by atoms with van der Waals surface area (Å²) in [7, 11) is 0. The molecule has 1 aromatic carbocycles. The summed E-state index contributed by atoms with van der Waals surface area (Å²) in [4.78, 5) is 12.3. The first-order valence-electron chi connectivity index (χ1n) is 15.2. The average Bonchev–Trinajstić information content (AvgIpc) is 2.90. The van der Waals surface area contributed by atoms with Crippen LogP contribution in [0.15, 0.2) is 0 Å². The number of aromatic hydroxyl groups is 1. The number of benzene rings is 1. The van der Waals surface area contributed by atoms with Gasteiger partial charge < -0.3 is 29.2 Å². The number of carboxylic acids is 1. The van der Waals surface area contributed by atoms with Gasteiger partial charge >= 0.3 is 5.97 Å². The summed E-state index contributed by atoms with van der Waals surface area (Å²) < 4.78 is 24.3. The van der Waals surface area contributed by atoms with Crippen LogP contribution >= 0.6 is 0 Å². The smallest absolute Gasteiger partial charge is 0.343 e. The fourth-order valence-corrected chi connectivity index (χ4v) is 4.19. The number of rotatable bonds is 25. The molecule has 220 valence electrons. The second-order valence-electron chi connectivity index (χ2n) is 9.98. The van der Waals surface area contributed by atoms with Crippen molar-refractivity contribution in [2.75, 3.05) is 26.4 Å². The molecule has 0 fully saturated rings. The molecule has 7 heteroatoms. The van der Waals surface area contributed by atoms with Crippen molar-refractivity contribution in [3.8, 4) is 28.7 Å². The number of unbranched alkanes of at least 4 members (excludes halogenated alkanes) is 12. The van der Waals surface area contributed by atoms with Crippen molar-refractivity contribution >= 4 is 5.97 Å². The van der Waals surface area contributed by atoms with Crippen molar-refractivity contribution in [2.24, 2.45) is 0 Å². The van der Waals surface area contributed by atoms with Crippen LogP contribution < -0.4 is 18.9 Å². The number of carbonyl (C=O) groups is 1. The number of hydrogen-bond acceptors (Lipinski definition) is 6. The second kappa shape index (κ2) is 21.6. The molecule has 0 spiro atoms. The predicted octanol–water partition coefficient (Wildman–Crippen LogP) is 8.93. The van der Waals surface area contributed by atoms with Crippen LogP contribution in [0.2, 0.25) is 0 Å². The van der Waals surface area contributed by atoms with Gasteiger partial charge in [0.05, 0.1) is 26.4 Å². The molecule has 0 radical (unpaired) electrons. The fourth-order valence-electron chi connectivity index (χ4n) is 4.19. The number of carboxylic acid groups (broad SMARTS) is 1. The molecule has 0 heterocycles. The highest BCUT2D eigenvalue weighted by Gasteiger charge is 2.32. The van der Waals surface area contributed by atoms with Crippen molar-refractivity contribution in [2.45, 2.75) is 130 Å². The van der Waals surface area contributed by atoms with E-state index in [9.17, 15) is 15.0 Å². The number of aromatic carboxylic acids is 1. The predicted molar refractivity (Wildman–Crippen MR) is 154 cm³/mol. The summed E-state index contributed by atoms with van der Waals surface area (Å²) in [5.41, 5.74) is -0.331. The molecular weight excluding hydrogens is 484 g/mol. The Morgan fingerprint density at radius 2 is 0.816 bits per heavy atom. The SMILES string of the molecule is CCCCCCCCCOc1c(O)c(C(=O)O)c(OCCCCC)c(OCCCCC)c1OCCCCC. The summed E-state index contributed by atoms with van der Waals surface area (Å²) in [5, 5.41) is 21.2. The zero-order chi connectivity index (χ0) is 28.0. The zero-order valence-electron chi connectivity index (χ0n) is 24.6. The van der Waals surface area contributed by atoms with Gasteiger partial charge in [-0.2, -0.15) is 0 Å². The Morgan fingerprint density at radius 3 is 1.26 bits per heavy atom. The first kappa shape index (κ1) is 33.7. The summed E-state index contributed by atoms with van der Waals surface area (Å²) in [6.45, 7) is 10.0. The molecule has 0 aromatic heterocycles. The van der Waals surface area contributed by atoms with E-state index >= 15 is 0 Å². The van der Waals surface area contributed by atoms with Crippen LogP contribution in [-0.4, -0.2) is 42.6 Å². The van der Waals surface area contributed by atoms with Gasteiger partial charge in [-0.25, -0.2) is 4.79 Å². The van der Waals surface area contributed by atoms with E-state index in [4.69, 9.17) is 18.9 Å². The molecule has 0 bridgehead atoms.